The van der Waals surface area contributed by atoms with Gasteiger partial charge in [0.2, 0.25) is 5.91 Å². The van der Waals surface area contributed by atoms with E-state index in [1.807, 2.05) is 0 Å². The van der Waals surface area contributed by atoms with E-state index >= 15 is 0 Å². The Bertz CT molecular complexity index is 307. The first-order chi connectivity index (χ1) is 10.1. The van der Waals surface area contributed by atoms with Gasteiger partial charge in [0.15, 0.2) is 0 Å². The van der Waals surface area contributed by atoms with Crippen molar-refractivity contribution in [3.8, 4) is 0 Å². The fraction of sp³-hybridized carbons (Fsp3) is 0.941. The van der Waals surface area contributed by atoms with Crippen LogP contribution in [0.25, 0.3) is 0 Å². The molecule has 0 aromatic heterocycles. The van der Waals surface area contributed by atoms with Crippen LogP contribution in [0.1, 0.15) is 58.3 Å². The van der Waals surface area contributed by atoms with Crippen molar-refractivity contribution >= 4 is 5.91 Å². The van der Waals surface area contributed by atoms with Crippen LogP contribution in [0, 0.1) is 11.8 Å². The minimum atomic E-state index is -0.311. The molecule has 3 N–H and O–H groups in total. The zero-order chi connectivity index (χ0) is 15.1. The van der Waals surface area contributed by atoms with Gasteiger partial charge in [-0.3, -0.25) is 4.79 Å². The Morgan fingerprint density at radius 3 is 2.52 bits per heavy atom. The van der Waals surface area contributed by atoms with Crippen LogP contribution in [-0.4, -0.2) is 43.0 Å². The molecule has 122 valence electrons. The summed E-state index contributed by atoms with van der Waals surface area (Å²) in [5.74, 6) is 1.58. The minimum Gasteiger partial charge on any atom is -0.353 e. The molecule has 1 saturated heterocycles. The third-order valence-corrected chi connectivity index (χ3v) is 5.25. The van der Waals surface area contributed by atoms with E-state index in [2.05, 4.69) is 17.1 Å². The van der Waals surface area contributed by atoms with Gasteiger partial charge < -0.3 is 16.0 Å². The maximum absolute atomic E-state index is 12.1. The van der Waals surface area contributed by atoms with Gasteiger partial charge in [0.1, 0.15) is 0 Å². The average molecular weight is 295 g/mol. The van der Waals surface area contributed by atoms with Crippen LogP contribution in [0.3, 0.4) is 0 Å². The molecular weight excluding hydrogens is 262 g/mol. The molecule has 0 aromatic carbocycles. The Balaban J connectivity index is 1.57. The van der Waals surface area contributed by atoms with E-state index in [1.165, 1.54) is 58.0 Å². The standard InChI is InChI=1S/C17H33N3O/c1-14-7-10-20(11-8-14)12-9-19-17(21)16(18)13-15-5-3-2-4-6-15/h14-16H,2-13,18H2,1H3,(H,19,21). The smallest absolute Gasteiger partial charge is 0.236 e. The van der Waals surface area contributed by atoms with Crippen LogP contribution in [-0.2, 0) is 4.79 Å². The summed E-state index contributed by atoms with van der Waals surface area (Å²) >= 11 is 0. The Hall–Kier alpha value is -0.610. The maximum atomic E-state index is 12.1. The number of carbonyl (C=O) groups is 1. The van der Waals surface area contributed by atoms with Crippen LogP contribution in [0.5, 0.6) is 0 Å². The third kappa shape index (κ3) is 5.95. The predicted octanol–water partition coefficient (Wildman–Crippen LogP) is 2.13. The maximum Gasteiger partial charge on any atom is 0.236 e. The molecule has 1 amide bonds. The molecule has 21 heavy (non-hydrogen) atoms. The third-order valence-electron chi connectivity index (χ3n) is 5.25. The lowest BCUT2D eigenvalue weighted by atomic mass is 9.85. The molecule has 0 spiro atoms. The number of likely N-dealkylation sites (tertiary alicyclic amines) is 1. The number of nitrogens with two attached hydrogens (primary N) is 1. The highest BCUT2D eigenvalue weighted by molar-refractivity contribution is 5.81. The summed E-state index contributed by atoms with van der Waals surface area (Å²) in [6.07, 6.45) is 9.93. The number of piperidine rings is 1. The van der Waals surface area contributed by atoms with Crippen molar-refractivity contribution < 1.29 is 4.79 Å². The number of carbonyl (C=O) groups excluding carboxylic acids is 1. The first-order valence-electron chi connectivity index (χ1n) is 8.91. The summed E-state index contributed by atoms with van der Waals surface area (Å²) < 4.78 is 0. The zero-order valence-corrected chi connectivity index (χ0v) is 13.7. The molecule has 1 heterocycles. The Morgan fingerprint density at radius 2 is 1.86 bits per heavy atom. The van der Waals surface area contributed by atoms with E-state index in [0.717, 1.165) is 25.4 Å². The molecule has 0 bridgehead atoms. The summed E-state index contributed by atoms with van der Waals surface area (Å²) in [4.78, 5) is 14.5. The SMILES string of the molecule is CC1CCN(CCNC(=O)C(N)CC2CCCCC2)CC1. The first-order valence-corrected chi connectivity index (χ1v) is 8.91. The normalized spacial score (nSPS) is 23.9. The van der Waals surface area contributed by atoms with Crippen molar-refractivity contribution in [3.05, 3.63) is 0 Å². The van der Waals surface area contributed by atoms with Gasteiger partial charge in [-0.25, -0.2) is 0 Å². The van der Waals surface area contributed by atoms with E-state index in [-0.39, 0.29) is 11.9 Å². The van der Waals surface area contributed by atoms with Crippen LogP contribution < -0.4 is 11.1 Å². The van der Waals surface area contributed by atoms with Gasteiger partial charge in [-0.2, -0.15) is 0 Å². The van der Waals surface area contributed by atoms with Crippen molar-refractivity contribution in [2.24, 2.45) is 17.6 Å². The van der Waals surface area contributed by atoms with Crippen molar-refractivity contribution in [3.63, 3.8) is 0 Å². The fourth-order valence-electron chi connectivity index (χ4n) is 3.64. The van der Waals surface area contributed by atoms with Crippen LogP contribution in [0.15, 0.2) is 0 Å². The van der Waals surface area contributed by atoms with Gasteiger partial charge in [0.05, 0.1) is 6.04 Å². The molecule has 4 heteroatoms. The minimum absolute atomic E-state index is 0.0472. The highest BCUT2D eigenvalue weighted by Gasteiger charge is 2.21. The number of nitrogens with zero attached hydrogens (tertiary/aromatic N) is 1. The summed E-state index contributed by atoms with van der Waals surface area (Å²) in [6, 6.07) is -0.311. The lowest BCUT2D eigenvalue weighted by molar-refractivity contribution is -0.122. The van der Waals surface area contributed by atoms with Gasteiger partial charge >= 0.3 is 0 Å². The molecule has 1 saturated carbocycles. The lowest BCUT2D eigenvalue weighted by Gasteiger charge is -2.30. The highest BCUT2D eigenvalue weighted by Crippen LogP contribution is 2.26. The lowest BCUT2D eigenvalue weighted by Crippen LogP contribution is -2.45. The summed E-state index contributed by atoms with van der Waals surface area (Å²) in [5.41, 5.74) is 6.06. The van der Waals surface area contributed by atoms with Crippen molar-refractivity contribution in [2.75, 3.05) is 26.2 Å². The number of hydrogen-bond donors (Lipinski definition) is 2. The van der Waals surface area contributed by atoms with Crippen LogP contribution >= 0.6 is 0 Å². The highest BCUT2D eigenvalue weighted by atomic mass is 16.2. The number of hydrogen-bond acceptors (Lipinski definition) is 3. The zero-order valence-electron chi connectivity index (χ0n) is 13.7. The van der Waals surface area contributed by atoms with Crippen LogP contribution in [0.2, 0.25) is 0 Å². The number of nitrogens with one attached hydrogen (secondary N) is 1. The van der Waals surface area contributed by atoms with Crippen LogP contribution in [0.4, 0.5) is 0 Å². The van der Waals surface area contributed by atoms with Gasteiger partial charge in [-0.15, -0.1) is 0 Å². The Morgan fingerprint density at radius 1 is 1.19 bits per heavy atom. The van der Waals surface area contributed by atoms with Crippen molar-refractivity contribution in [2.45, 2.75) is 64.3 Å². The van der Waals surface area contributed by atoms with E-state index in [4.69, 9.17) is 5.73 Å². The molecule has 1 atom stereocenters. The molecule has 1 aliphatic carbocycles. The number of amides is 1. The van der Waals surface area contributed by atoms with E-state index in [0.29, 0.717) is 5.92 Å². The fourth-order valence-corrected chi connectivity index (χ4v) is 3.64. The topological polar surface area (TPSA) is 58.4 Å². The largest absolute Gasteiger partial charge is 0.353 e. The van der Waals surface area contributed by atoms with E-state index in [9.17, 15) is 4.79 Å². The van der Waals surface area contributed by atoms with E-state index in [1.54, 1.807) is 0 Å². The Kier molecular flexibility index (Phi) is 6.97. The van der Waals surface area contributed by atoms with Gasteiger partial charge in [0, 0.05) is 13.1 Å². The van der Waals surface area contributed by atoms with Crippen molar-refractivity contribution in [1.82, 2.24) is 10.2 Å². The van der Waals surface area contributed by atoms with Gasteiger partial charge in [-0.05, 0) is 44.2 Å². The summed E-state index contributed by atoms with van der Waals surface area (Å²) in [7, 11) is 0. The molecular formula is C17H33N3O. The second-order valence-corrected chi connectivity index (χ2v) is 7.16. The molecule has 1 aliphatic heterocycles. The molecule has 2 fully saturated rings. The quantitative estimate of drug-likeness (QED) is 0.789. The summed E-state index contributed by atoms with van der Waals surface area (Å²) in [5, 5.41) is 3.02. The van der Waals surface area contributed by atoms with E-state index < -0.39 is 0 Å². The second kappa shape index (κ2) is 8.74. The van der Waals surface area contributed by atoms with Gasteiger partial charge in [-0.1, -0.05) is 39.0 Å². The predicted molar refractivity (Wildman–Crippen MR) is 87.0 cm³/mol. The Labute approximate surface area is 129 Å². The van der Waals surface area contributed by atoms with Crippen molar-refractivity contribution in [1.29, 1.82) is 0 Å². The molecule has 2 rings (SSSR count). The molecule has 4 nitrogen and oxygen atoms in total. The molecule has 1 unspecified atom stereocenters. The molecule has 0 radical (unpaired) electrons. The molecule has 2 aliphatic rings. The monoisotopic (exact) mass is 295 g/mol. The number of rotatable bonds is 6. The average Bonchev–Trinajstić information content (AvgIpc) is 2.50. The second-order valence-electron chi connectivity index (χ2n) is 7.16. The molecule has 0 aromatic rings. The summed E-state index contributed by atoms with van der Waals surface area (Å²) in [6.45, 7) is 6.37. The first kappa shape index (κ1) is 16.8. The van der Waals surface area contributed by atoms with Gasteiger partial charge in [0.25, 0.3) is 0 Å².